The molecule has 0 radical (unpaired) electrons. The standard InChI is InChI=1S/C29H35FN4O4/c1-19-27(35)33-24(18-20-9-13-23(30)14-10-20)28(36)32-15-5-7-21-6-3-4-8-25(21)38-17-16-31-26(22-11-12-22)29(37)34(19)2/h3-10,13-14,19,22,24,26,31H,11-12,15-18H2,1-2H3,(H,32,36)(H,33,35)/b7-5+/t19-,24-,26+/m1/s1. The average molecular weight is 523 g/mol. The van der Waals surface area contributed by atoms with Crippen LogP contribution in [0.25, 0.3) is 6.08 Å². The molecule has 2 aliphatic rings. The third kappa shape index (κ3) is 7.19. The molecule has 202 valence electrons. The molecule has 1 saturated carbocycles. The summed E-state index contributed by atoms with van der Waals surface area (Å²) in [6.07, 6.45) is 5.76. The second-order valence-corrected chi connectivity index (χ2v) is 9.82. The van der Waals surface area contributed by atoms with Gasteiger partial charge in [0.2, 0.25) is 17.7 Å². The largest absolute Gasteiger partial charge is 0.492 e. The number of halogens is 1. The maximum absolute atomic E-state index is 13.4. The zero-order chi connectivity index (χ0) is 27.1. The number of rotatable bonds is 3. The van der Waals surface area contributed by atoms with Gasteiger partial charge in [-0.05, 0) is 49.4 Å². The number of benzene rings is 2. The van der Waals surface area contributed by atoms with Crippen LogP contribution in [0.1, 0.15) is 30.9 Å². The second kappa shape index (κ2) is 12.7. The minimum absolute atomic E-state index is 0.167. The molecule has 1 aliphatic carbocycles. The highest BCUT2D eigenvalue weighted by molar-refractivity contribution is 5.93. The van der Waals surface area contributed by atoms with Crippen LogP contribution < -0.4 is 20.7 Å². The number of nitrogens with one attached hydrogen (secondary N) is 3. The van der Waals surface area contributed by atoms with Crippen molar-refractivity contribution in [3.05, 3.63) is 71.6 Å². The summed E-state index contributed by atoms with van der Waals surface area (Å²) in [6.45, 7) is 2.74. The number of ether oxygens (including phenoxy) is 1. The second-order valence-electron chi connectivity index (χ2n) is 9.82. The molecule has 4 rings (SSSR count). The van der Waals surface area contributed by atoms with Gasteiger partial charge in [-0.1, -0.05) is 42.5 Å². The summed E-state index contributed by atoms with van der Waals surface area (Å²) in [5.74, 6) is -0.436. The van der Waals surface area contributed by atoms with Crippen LogP contribution in [-0.4, -0.2) is 67.5 Å². The lowest BCUT2D eigenvalue weighted by atomic mass is 10.0. The Morgan fingerprint density at radius 1 is 1.03 bits per heavy atom. The first-order valence-corrected chi connectivity index (χ1v) is 13.0. The molecule has 8 nitrogen and oxygen atoms in total. The Kier molecular flexibility index (Phi) is 9.12. The number of carbonyl (C=O) groups excluding carboxylic acids is 3. The lowest BCUT2D eigenvalue weighted by molar-refractivity contribution is -0.141. The van der Waals surface area contributed by atoms with Gasteiger partial charge in [0, 0.05) is 32.1 Å². The average Bonchev–Trinajstić information content (AvgIpc) is 3.76. The number of hydrogen-bond donors (Lipinski definition) is 3. The molecule has 3 atom stereocenters. The predicted octanol–water partition coefficient (Wildman–Crippen LogP) is 2.29. The van der Waals surface area contributed by atoms with Crippen molar-refractivity contribution in [2.24, 2.45) is 5.92 Å². The number of likely N-dealkylation sites (N-methyl/N-ethyl adjacent to an activating group) is 1. The number of amides is 3. The van der Waals surface area contributed by atoms with Gasteiger partial charge in [0.15, 0.2) is 0 Å². The van der Waals surface area contributed by atoms with Crippen molar-refractivity contribution in [1.29, 1.82) is 0 Å². The van der Waals surface area contributed by atoms with Gasteiger partial charge >= 0.3 is 0 Å². The first-order valence-electron chi connectivity index (χ1n) is 13.0. The summed E-state index contributed by atoms with van der Waals surface area (Å²) < 4.78 is 19.4. The van der Waals surface area contributed by atoms with Crippen LogP contribution in [0.5, 0.6) is 5.75 Å². The van der Waals surface area contributed by atoms with Gasteiger partial charge in [-0.3, -0.25) is 14.4 Å². The van der Waals surface area contributed by atoms with E-state index in [1.165, 1.54) is 17.0 Å². The van der Waals surface area contributed by atoms with Gasteiger partial charge in [-0.2, -0.15) is 0 Å². The monoisotopic (exact) mass is 522 g/mol. The highest BCUT2D eigenvalue weighted by atomic mass is 19.1. The number of nitrogens with zero attached hydrogens (tertiary/aromatic N) is 1. The Morgan fingerprint density at radius 3 is 2.50 bits per heavy atom. The summed E-state index contributed by atoms with van der Waals surface area (Å²) in [7, 11) is 1.61. The lowest BCUT2D eigenvalue weighted by Crippen LogP contribution is -2.56. The van der Waals surface area contributed by atoms with E-state index in [2.05, 4.69) is 16.0 Å². The van der Waals surface area contributed by atoms with Crippen LogP contribution in [-0.2, 0) is 20.8 Å². The normalized spacial score (nSPS) is 24.8. The quantitative estimate of drug-likeness (QED) is 0.575. The highest BCUT2D eigenvalue weighted by Gasteiger charge is 2.39. The van der Waals surface area contributed by atoms with E-state index in [1.54, 1.807) is 26.1 Å². The van der Waals surface area contributed by atoms with Crippen LogP contribution in [0.2, 0.25) is 0 Å². The number of hydrogen-bond acceptors (Lipinski definition) is 5. The van der Waals surface area contributed by atoms with Gasteiger partial charge in [0.1, 0.15) is 30.3 Å². The van der Waals surface area contributed by atoms with Gasteiger partial charge in [0.05, 0.1) is 6.04 Å². The number of fused-ring (bicyclic) bond motifs is 1. The SMILES string of the molecule is C[C@@H]1C(=O)N[C@H](Cc2ccc(F)cc2)C(=O)NC/C=C/c2ccccc2OCCN[C@@H](C2CC2)C(=O)N1C. The highest BCUT2D eigenvalue weighted by Crippen LogP contribution is 2.33. The molecule has 0 unspecified atom stereocenters. The molecule has 0 aromatic heterocycles. The van der Waals surface area contributed by atoms with Crippen molar-refractivity contribution in [2.75, 3.05) is 26.7 Å². The molecule has 38 heavy (non-hydrogen) atoms. The summed E-state index contributed by atoms with van der Waals surface area (Å²) in [5, 5.41) is 8.97. The van der Waals surface area contributed by atoms with E-state index in [1.807, 2.05) is 36.4 Å². The number of carbonyl (C=O) groups is 3. The maximum atomic E-state index is 13.4. The van der Waals surface area contributed by atoms with E-state index < -0.39 is 24.0 Å². The molecule has 0 spiro atoms. The Balaban J connectivity index is 1.57. The molecular weight excluding hydrogens is 487 g/mol. The van der Waals surface area contributed by atoms with Gasteiger partial charge in [-0.15, -0.1) is 0 Å². The predicted molar refractivity (Wildman–Crippen MR) is 143 cm³/mol. The molecule has 2 aromatic carbocycles. The minimum Gasteiger partial charge on any atom is -0.492 e. The topological polar surface area (TPSA) is 99.8 Å². The first-order chi connectivity index (χ1) is 18.3. The Bertz CT molecular complexity index is 1170. The smallest absolute Gasteiger partial charge is 0.243 e. The Morgan fingerprint density at radius 2 is 1.76 bits per heavy atom. The van der Waals surface area contributed by atoms with Crippen molar-refractivity contribution >= 4 is 23.8 Å². The van der Waals surface area contributed by atoms with Crippen molar-refractivity contribution < 1.29 is 23.5 Å². The zero-order valence-corrected chi connectivity index (χ0v) is 21.8. The molecule has 3 amide bonds. The van der Waals surface area contributed by atoms with Gasteiger partial charge in [-0.25, -0.2) is 4.39 Å². The van der Waals surface area contributed by atoms with Crippen molar-refractivity contribution in [3.63, 3.8) is 0 Å². The van der Waals surface area contributed by atoms with Crippen LogP contribution in [0.4, 0.5) is 4.39 Å². The fourth-order valence-electron chi connectivity index (χ4n) is 4.42. The maximum Gasteiger partial charge on any atom is 0.243 e. The van der Waals surface area contributed by atoms with Crippen LogP contribution in [0.15, 0.2) is 54.6 Å². The van der Waals surface area contributed by atoms with Crippen LogP contribution in [0, 0.1) is 11.7 Å². The van der Waals surface area contributed by atoms with Gasteiger partial charge in [0.25, 0.3) is 0 Å². The molecule has 3 N–H and O–H groups in total. The van der Waals surface area contributed by atoms with Crippen LogP contribution >= 0.6 is 0 Å². The third-order valence-electron chi connectivity index (χ3n) is 6.99. The molecule has 9 heteroatoms. The molecule has 0 saturated heterocycles. The summed E-state index contributed by atoms with van der Waals surface area (Å²) >= 11 is 0. The Hall–Kier alpha value is -3.72. The Labute approximate surface area is 222 Å². The van der Waals surface area contributed by atoms with E-state index in [4.69, 9.17) is 4.74 Å². The van der Waals surface area contributed by atoms with Crippen molar-refractivity contribution in [1.82, 2.24) is 20.9 Å². The zero-order valence-electron chi connectivity index (χ0n) is 21.8. The van der Waals surface area contributed by atoms with Crippen molar-refractivity contribution in [2.45, 2.75) is 44.3 Å². The number of para-hydroxylation sites is 1. The first kappa shape index (κ1) is 27.3. The molecule has 1 aliphatic heterocycles. The van der Waals surface area contributed by atoms with Crippen molar-refractivity contribution in [3.8, 4) is 5.75 Å². The van der Waals surface area contributed by atoms with Gasteiger partial charge < -0.3 is 25.6 Å². The summed E-state index contributed by atoms with van der Waals surface area (Å²) in [6, 6.07) is 11.3. The summed E-state index contributed by atoms with van der Waals surface area (Å²) in [5.41, 5.74) is 1.56. The molecule has 0 bridgehead atoms. The molecule has 1 heterocycles. The molecule has 1 fully saturated rings. The van der Waals surface area contributed by atoms with E-state index in [9.17, 15) is 18.8 Å². The minimum atomic E-state index is -0.904. The van der Waals surface area contributed by atoms with E-state index >= 15 is 0 Å². The van der Waals surface area contributed by atoms with Crippen LogP contribution in [0.3, 0.4) is 0 Å². The lowest BCUT2D eigenvalue weighted by Gasteiger charge is -2.30. The summed E-state index contributed by atoms with van der Waals surface area (Å²) in [4.78, 5) is 41.1. The van der Waals surface area contributed by atoms with E-state index in [0.29, 0.717) is 24.5 Å². The van der Waals surface area contributed by atoms with E-state index in [-0.39, 0.29) is 36.5 Å². The fourth-order valence-corrected chi connectivity index (χ4v) is 4.42. The third-order valence-corrected chi connectivity index (χ3v) is 6.99. The van der Waals surface area contributed by atoms with E-state index in [0.717, 1.165) is 18.4 Å². The fraction of sp³-hybridized carbons (Fsp3) is 0.414. The molecule has 2 aromatic rings. The molecular formula is C29H35FN4O4.